The molecule has 0 amide bonds. The maximum atomic E-state index is 7.27. The maximum Gasteiger partial charge on any atom is 0.225 e. The van der Waals surface area contributed by atoms with E-state index in [0.717, 1.165) is 0 Å². The van der Waals surface area contributed by atoms with E-state index in [4.69, 9.17) is 10.8 Å². The second kappa shape index (κ2) is 2.09. The molecule has 0 aromatic carbocycles. The molecule has 1 N–H and O–H groups in total. The van der Waals surface area contributed by atoms with Gasteiger partial charge in [0.25, 0.3) is 0 Å². The van der Waals surface area contributed by atoms with Gasteiger partial charge in [0, 0.05) is 0 Å². The van der Waals surface area contributed by atoms with Crippen LogP contribution in [-0.2, 0) is 0 Å². The second-order valence-electron chi connectivity index (χ2n) is 0.212. The Labute approximate surface area is 23.4 Å². The predicted molar refractivity (Wildman–Crippen MR) is 10.8 cm³/mol. The molecule has 0 saturated heterocycles. The highest BCUT2D eigenvalue weighted by Crippen LogP contribution is 1.41. The Bertz CT molecular complexity index is 48.8. The molecule has 0 saturated carbocycles. The molecule has 0 aromatic heterocycles. The van der Waals surface area contributed by atoms with E-state index in [0.29, 0.717) is 0 Å². The standard InChI is InChI=1S/CHN3/c2-1-4-3/h3H. The summed E-state index contributed by atoms with van der Waals surface area (Å²) >= 11 is 0. The fourth-order valence-corrected chi connectivity index (χ4v) is 0. The van der Waals surface area contributed by atoms with Crippen LogP contribution in [0, 0.1) is 17.0 Å². The quantitative estimate of drug-likeness (QED) is 0.318. The Hall–Kier alpha value is -0.910. The van der Waals surface area contributed by atoms with Crippen LogP contribution in [0.2, 0.25) is 0 Å². The summed E-state index contributed by atoms with van der Waals surface area (Å²) < 4.78 is 0. The first-order valence-electron chi connectivity index (χ1n) is 0.671. The highest BCUT2D eigenvalue weighted by atomic mass is 14.9. The van der Waals surface area contributed by atoms with Crippen molar-refractivity contribution >= 4 is 0 Å². The topological polar surface area (TPSA) is 60.0 Å². The fourth-order valence-electron chi connectivity index (χ4n) is 0. The van der Waals surface area contributed by atoms with Crippen LogP contribution < -0.4 is 0 Å². The summed E-state index contributed by atoms with van der Waals surface area (Å²) in [4.78, 5) is 0. The summed E-state index contributed by atoms with van der Waals surface area (Å²) in [7, 11) is 0. The number of hydrogen-bond acceptors (Lipinski definition) is 3. The molecule has 0 fully saturated rings. The van der Waals surface area contributed by atoms with E-state index in [2.05, 4.69) is 5.11 Å². The van der Waals surface area contributed by atoms with E-state index in [1.165, 1.54) is 6.19 Å². The van der Waals surface area contributed by atoms with Gasteiger partial charge in [0.05, 0.1) is 0 Å². The molecule has 0 aromatic rings. The normalized spacial score (nSPS) is 3.75. The lowest BCUT2D eigenvalue weighted by Gasteiger charge is -1.32. The third-order valence-electron chi connectivity index (χ3n) is 0.0500. The smallest absolute Gasteiger partial charge is 0.193 e. The summed E-state index contributed by atoms with van der Waals surface area (Å²) in [5.41, 5.74) is 5.72. The van der Waals surface area contributed by atoms with Crippen molar-refractivity contribution in [3.05, 3.63) is 0 Å². The first-order chi connectivity index (χ1) is 1.91. The lowest BCUT2D eigenvalue weighted by molar-refractivity contribution is 1.15. The second-order valence-corrected chi connectivity index (χ2v) is 0.212. The first kappa shape index (κ1) is 3.09. The molecule has 3 nitrogen and oxygen atoms in total. The van der Waals surface area contributed by atoms with Gasteiger partial charge in [-0.05, 0) is 0 Å². The van der Waals surface area contributed by atoms with Crippen molar-refractivity contribution < 1.29 is 0 Å². The van der Waals surface area contributed by atoms with Gasteiger partial charge in [-0.15, -0.1) is 0 Å². The van der Waals surface area contributed by atoms with Gasteiger partial charge in [0.2, 0.25) is 6.19 Å². The molecule has 20 valence electrons. The van der Waals surface area contributed by atoms with Crippen molar-refractivity contribution in [3.8, 4) is 6.19 Å². The summed E-state index contributed by atoms with van der Waals surface area (Å²) in [6.45, 7) is 0. The van der Waals surface area contributed by atoms with Crippen molar-refractivity contribution in [2.75, 3.05) is 0 Å². The zero-order valence-corrected chi connectivity index (χ0v) is 1.89. The average Bonchev–Trinajstić information content (AvgIpc) is 1.37. The number of nitriles is 1. The van der Waals surface area contributed by atoms with Crippen LogP contribution in [0.5, 0.6) is 0 Å². The molecule has 0 aliphatic carbocycles. The zero-order valence-electron chi connectivity index (χ0n) is 1.89. The third-order valence-corrected chi connectivity index (χ3v) is 0.0500. The Kier molecular flexibility index (Phi) is 1.61. The maximum absolute atomic E-state index is 7.27. The molecular weight excluding hydrogens is 54.0 g/mol. The van der Waals surface area contributed by atoms with Gasteiger partial charge in [0.15, 0.2) is 0 Å². The molecule has 4 heavy (non-hydrogen) atoms. The molecule has 3 heteroatoms. The summed E-state index contributed by atoms with van der Waals surface area (Å²) in [5.74, 6) is 0. The van der Waals surface area contributed by atoms with E-state index in [-0.39, 0.29) is 0 Å². The minimum Gasteiger partial charge on any atom is -0.193 e. The van der Waals surface area contributed by atoms with E-state index in [1.54, 1.807) is 0 Å². The Morgan fingerprint density at radius 2 is 2.25 bits per heavy atom. The van der Waals surface area contributed by atoms with E-state index < -0.39 is 0 Å². The fraction of sp³-hybridized carbons (Fsp3) is 0. The molecular formula is CHN3. The predicted octanol–water partition coefficient (Wildman–Crippen LogP) is 0.498. The van der Waals surface area contributed by atoms with Crippen molar-refractivity contribution in [1.29, 1.82) is 10.8 Å². The van der Waals surface area contributed by atoms with Gasteiger partial charge >= 0.3 is 0 Å². The number of nitrogens with one attached hydrogen (secondary N) is 1. The Balaban J connectivity index is 2.92. The SMILES string of the molecule is N#CN=N. The minimum absolute atomic E-state index is 1.22. The lowest BCUT2D eigenvalue weighted by Crippen LogP contribution is -1.23. The average molecular weight is 55.0 g/mol. The molecule has 0 aliphatic rings. The minimum atomic E-state index is 1.22. The molecule has 0 aliphatic heterocycles. The van der Waals surface area contributed by atoms with Crippen LogP contribution in [-0.4, -0.2) is 0 Å². The summed E-state index contributed by atoms with van der Waals surface area (Å²) in [6, 6.07) is 0. The highest BCUT2D eigenvalue weighted by Gasteiger charge is 1.35. The lowest BCUT2D eigenvalue weighted by atomic mass is 11.5. The van der Waals surface area contributed by atoms with E-state index in [9.17, 15) is 0 Å². The Morgan fingerprint density at radius 3 is 2.25 bits per heavy atom. The van der Waals surface area contributed by atoms with Crippen LogP contribution >= 0.6 is 0 Å². The van der Waals surface area contributed by atoms with Crippen molar-refractivity contribution in [1.82, 2.24) is 0 Å². The molecule has 0 rings (SSSR count). The molecule has 0 bridgehead atoms. The largest absolute Gasteiger partial charge is 0.225 e. The van der Waals surface area contributed by atoms with Crippen molar-refractivity contribution in [3.63, 3.8) is 0 Å². The Morgan fingerprint density at radius 1 is 2.00 bits per heavy atom. The first-order valence-corrected chi connectivity index (χ1v) is 0.671. The monoisotopic (exact) mass is 55.0 g/mol. The van der Waals surface area contributed by atoms with Crippen LogP contribution in [0.3, 0.4) is 0 Å². The summed E-state index contributed by atoms with van der Waals surface area (Å²) in [6.07, 6.45) is 1.22. The van der Waals surface area contributed by atoms with Crippen molar-refractivity contribution in [2.24, 2.45) is 5.11 Å². The third kappa shape index (κ3) is 1.09. The number of rotatable bonds is 0. The molecule has 0 radical (unpaired) electrons. The van der Waals surface area contributed by atoms with Gasteiger partial charge in [-0.1, -0.05) is 5.11 Å². The van der Waals surface area contributed by atoms with Crippen LogP contribution in [0.4, 0.5) is 0 Å². The van der Waals surface area contributed by atoms with Gasteiger partial charge < -0.3 is 0 Å². The van der Waals surface area contributed by atoms with Gasteiger partial charge in [-0.25, -0.2) is 0 Å². The van der Waals surface area contributed by atoms with Gasteiger partial charge in [-0.3, -0.25) is 0 Å². The highest BCUT2D eigenvalue weighted by molar-refractivity contribution is 4.53. The molecule has 0 unspecified atom stereocenters. The van der Waals surface area contributed by atoms with Gasteiger partial charge in [-0.2, -0.15) is 10.8 Å². The van der Waals surface area contributed by atoms with Crippen molar-refractivity contribution in [2.45, 2.75) is 0 Å². The van der Waals surface area contributed by atoms with E-state index in [1.807, 2.05) is 0 Å². The molecule has 0 atom stereocenters. The zero-order chi connectivity index (χ0) is 3.41. The molecule has 0 spiro atoms. The van der Waals surface area contributed by atoms with Crippen LogP contribution in [0.1, 0.15) is 0 Å². The van der Waals surface area contributed by atoms with Gasteiger partial charge in [0.1, 0.15) is 0 Å². The summed E-state index contributed by atoms with van der Waals surface area (Å²) in [5, 5.41) is 9.56. The van der Waals surface area contributed by atoms with Crippen LogP contribution in [0.15, 0.2) is 5.11 Å². The number of hydrogen-bond donors (Lipinski definition) is 1. The van der Waals surface area contributed by atoms with Crippen LogP contribution in [0.25, 0.3) is 0 Å². The molecule has 0 heterocycles. The van der Waals surface area contributed by atoms with E-state index >= 15 is 0 Å². The number of nitrogens with zero attached hydrogens (tertiary/aromatic N) is 2.